The highest BCUT2D eigenvalue weighted by Crippen LogP contribution is 2.16. The summed E-state index contributed by atoms with van der Waals surface area (Å²) in [6.45, 7) is 10.4. The number of likely N-dealkylation sites (N-methyl/N-ethyl adjacent to an activating group) is 1. The van der Waals surface area contributed by atoms with E-state index in [0.29, 0.717) is 25.4 Å². The fourth-order valence-electron chi connectivity index (χ4n) is 3.46. The van der Waals surface area contributed by atoms with Gasteiger partial charge in [0, 0.05) is 12.0 Å². The Bertz CT molecular complexity index is 874. The molecule has 0 saturated carbocycles. The number of amides is 2. The minimum atomic E-state index is -0.671. The first kappa shape index (κ1) is 26.4. The smallest absolute Gasteiger partial charge is 0.243 e. The maximum Gasteiger partial charge on any atom is 0.243 e. The summed E-state index contributed by atoms with van der Waals surface area (Å²) in [7, 11) is 1.77. The molecule has 0 heterocycles. The lowest BCUT2D eigenvalue weighted by Crippen LogP contribution is -2.56. The molecule has 6 nitrogen and oxygen atoms in total. The second-order valence-corrected chi connectivity index (χ2v) is 9.89. The lowest BCUT2D eigenvalue weighted by molar-refractivity contribution is -0.131. The SMILES string of the molecule is CN[C@@H](CC(C)C)C(=O)N[C@H](Cc1ccc(OCc2ccccc2)cc1)C(=O)NC(C)(C)C. The van der Waals surface area contributed by atoms with Crippen LogP contribution >= 0.6 is 0 Å². The Balaban J connectivity index is 2.08. The molecule has 180 valence electrons. The highest BCUT2D eigenvalue weighted by molar-refractivity contribution is 5.90. The van der Waals surface area contributed by atoms with E-state index in [2.05, 4.69) is 29.8 Å². The van der Waals surface area contributed by atoms with Crippen LogP contribution in [0.2, 0.25) is 0 Å². The van der Waals surface area contributed by atoms with E-state index in [1.165, 1.54) is 0 Å². The fraction of sp³-hybridized carbons (Fsp3) is 0.481. The normalized spacial score (nSPS) is 13.3. The van der Waals surface area contributed by atoms with Crippen LogP contribution in [-0.4, -0.2) is 36.5 Å². The average Bonchev–Trinajstić information content (AvgIpc) is 2.75. The highest BCUT2D eigenvalue weighted by Gasteiger charge is 2.27. The van der Waals surface area contributed by atoms with E-state index in [1.54, 1.807) is 7.05 Å². The van der Waals surface area contributed by atoms with Crippen molar-refractivity contribution < 1.29 is 14.3 Å². The van der Waals surface area contributed by atoms with Gasteiger partial charge in [-0.2, -0.15) is 0 Å². The van der Waals surface area contributed by atoms with Gasteiger partial charge in [-0.25, -0.2) is 0 Å². The van der Waals surface area contributed by atoms with E-state index in [-0.39, 0.29) is 17.9 Å². The van der Waals surface area contributed by atoms with Crippen LogP contribution in [0.3, 0.4) is 0 Å². The number of hydrogen-bond acceptors (Lipinski definition) is 4. The molecule has 2 aromatic rings. The van der Waals surface area contributed by atoms with Crippen molar-refractivity contribution in [2.24, 2.45) is 5.92 Å². The summed E-state index contributed by atoms with van der Waals surface area (Å²) in [5, 5.41) is 9.02. The van der Waals surface area contributed by atoms with Gasteiger partial charge < -0.3 is 20.7 Å². The summed E-state index contributed by atoms with van der Waals surface area (Å²) in [5.74, 6) is 0.760. The molecule has 2 aromatic carbocycles. The van der Waals surface area contributed by atoms with E-state index < -0.39 is 11.6 Å². The van der Waals surface area contributed by atoms with Crippen LogP contribution in [0.4, 0.5) is 0 Å². The number of carbonyl (C=O) groups excluding carboxylic acids is 2. The number of ether oxygens (including phenoxy) is 1. The van der Waals surface area contributed by atoms with Crippen molar-refractivity contribution in [3.05, 3.63) is 65.7 Å². The Labute approximate surface area is 198 Å². The quantitative estimate of drug-likeness (QED) is 0.483. The molecule has 2 rings (SSSR count). The zero-order valence-electron chi connectivity index (χ0n) is 20.8. The molecule has 0 aromatic heterocycles. The Morgan fingerprint density at radius 1 is 0.879 bits per heavy atom. The van der Waals surface area contributed by atoms with Crippen molar-refractivity contribution in [3.8, 4) is 5.75 Å². The first-order valence-electron chi connectivity index (χ1n) is 11.6. The minimum absolute atomic E-state index is 0.164. The van der Waals surface area contributed by atoms with Gasteiger partial charge in [-0.3, -0.25) is 9.59 Å². The van der Waals surface area contributed by atoms with Crippen LogP contribution < -0.4 is 20.7 Å². The third-order valence-electron chi connectivity index (χ3n) is 5.11. The first-order chi connectivity index (χ1) is 15.6. The van der Waals surface area contributed by atoms with Gasteiger partial charge in [0.05, 0.1) is 6.04 Å². The van der Waals surface area contributed by atoms with Crippen molar-refractivity contribution >= 4 is 11.8 Å². The summed E-state index contributed by atoms with van der Waals surface area (Å²) < 4.78 is 5.86. The van der Waals surface area contributed by atoms with Gasteiger partial charge in [-0.15, -0.1) is 0 Å². The maximum atomic E-state index is 13.0. The molecule has 3 N–H and O–H groups in total. The fourth-order valence-corrected chi connectivity index (χ4v) is 3.46. The van der Waals surface area contributed by atoms with E-state index in [9.17, 15) is 9.59 Å². The largest absolute Gasteiger partial charge is 0.489 e. The van der Waals surface area contributed by atoms with E-state index in [0.717, 1.165) is 16.9 Å². The van der Waals surface area contributed by atoms with Gasteiger partial charge in [-0.1, -0.05) is 56.3 Å². The van der Waals surface area contributed by atoms with Crippen molar-refractivity contribution in [2.75, 3.05) is 7.05 Å². The lowest BCUT2D eigenvalue weighted by atomic mass is 10.0. The van der Waals surface area contributed by atoms with Crippen LogP contribution in [-0.2, 0) is 22.6 Å². The Morgan fingerprint density at radius 3 is 2.06 bits per heavy atom. The second kappa shape index (κ2) is 12.4. The monoisotopic (exact) mass is 453 g/mol. The third kappa shape index (κ3) is 9.66. The van der Waals surface area contributed by atoms with Crippen LogP contribution in [0.1, 0.15) is 52.2 Å². The molecule has 0 unspecified atom stereocenters. The van der Waals surface area contributed by atoms with Crippen molar-refractivity contribution in [3.63, 3.8) is 0 Å². The maximum absolute atomic E-state index is 13.0. The first-order valence-corrected chi connectivity index (χ1v) is 11.6. The summed E-state index contributed by atoms with van der Waals surface area (Å²) >= 11 is 0. The van der Waals surface area contributed by atoms with Crippen LogP contribution in [0, 0.1) is 5.92 Å². The summed E-state index contributed by atoms with van der Waals surface area (Å²) in [5.41, 5.74) is 1.65. The van der Waals surface area contributed by atoms with Crippen molar-refractivity contribution in [1.29, 1.82) is 0 Å². The molecule has 0 spiro atoms. The van der Waals surface area contributed by atoms with Crippen LogP contribution in [0.25, 0.3) is 0 Å². The molecular weight excluding hydrogens is 414 g/mol. The zero-order valence-corrected chi connectivity index (χ0v) is 20.8. The Kier molecular flexibility index (Phi) is 9.92. The summed E-state index contributed by atoms with van der Waals surface area (Å²) in [4.78, 5) is 25.9. The number of benzene rings is 2. The minimum Gasteiger partial charge on any atom is -0.489 e. The molecule has 6 heteroatoms. The third-order valence-corrected chi connectivity index (χ3v) is 5.11. The van der Waals surface area contributed by atoms with Crippen molar-refractivity contribution in [2.45, 2.75) is 71.7 Å². The van der Waals surface area contributed by atoms with E-state index >= 15 is 0 Å². The molecule has 0 aliphatic carbocycles. The summed E-state index contributed by atoms with van der Waals surface area (Å²) in [6.07, 6.45) is 1.09. The molecule has 0 fully saturated rings. The molecule has 0 saturated heterocycles. The number of hydrogen-bond donors (Lipinski definition) is 3. The zero-order chi connectivity index (χ0) is 24.4. The lowest BCUT2D eigenvalue weighted by Gasteiger charge is -2.27. The topological polar surface area (TPSA) is 79.5 Å². The predicted octanol–water partition coefficient (Wildman–Crippen LogP) is 3.84. The van der Waals surface area contributed by atoms with E-state index in [4.69, 9.17) is 4.74 Å². The number of nitrogens with one attached hydrogen (secondary N) is 3. The molecule has 33 heavy (non-hydrogen) atoms. The molecule has 0 bridgehead atoms. The van der Waals surface area contributed by atoms with Gasteiger partial charge >= 0.3 is 0 Å². The molecule has 2 atom stereocenters. The van der Waals surface area contributed by atoms with Gasteiger partial charge in [0.1, 0.15) is 18.4 Å². The van der Waals surface area contributed by atoms with Gasteiger partial charge in [0.15, 0.2) is 0 Å². The van der Waals surface area contributed by atoms with Crippen molar-refractivity contribution in [1.82, 2.24) is 16.0 Å². The highest BCUT2D eigenvalue weighted by atomic mass is 16.5. The van der Waals surface area contributed by atoms with Crippen LogP contribution in [0.15, 0.2) is 54.6 Å². The molecule has 0 aliphatic heterocycles. The standard InChI is InChI=1S/C27H39N3O3/c1-19(2)16-23(28-6)25(31)29-24(26(32)30-27(3,4)5)17-20-12-14-22(15-13-20)33-18-21-10-8-7-9-11-21/h7-15,19,23-24,28H,16-18H2,1-6H3,(H,29,31)(H,30,32)/t23-,24+/m0/s1. The number of carbonyl (C=O) groups is 2. The van der Waals surface area contributed by atoms with Gasteiger partial charge in [-0.05, 0) is 63.4 Å². The second-order valence-electron chi connectivity index (χ2n) is 9.89. The van der Waals surface area contributed by atoms with Gasteiger partial charge in [0.2, 0.25) is 11.8 Å². The van der Waals surface area contributed by atoms with E-state index in [1.807, 2.05) is 75.4 Å². The predicted molar refractivity (Wildman–Crippen MR) is 133 cm³/mol. The number of rotatable bonds is 11. The summed E-state index contributed by atoms with van der Waals surface area (Å²) in [6, 6.07) is 16.6. The molecule has 0 radical (unpaired) electrons. The van der Waals surface area contributed by atoms with Gasteiger partial charge in [0.25, 0.3) is 0 Å². The molecule has 2 amide bonds. The Morgan fingerprint density at radius 2 is 1.52 bits per heavy atom. The Hall–Kier alpha value is -2.86. The molecule has 0 aliphatic rings. The average molecular weight is 454 g/mol. The molecular formula is C27H39N3O3. The van der Waals surface area contributed by atoms with Crippen LogP contribution in [0.5, 0.6) is 5.75 Å².